The molecule has 1 rings (SSSR count). The van der Waals surface area contributed by atoms with E-state index in [1.165, 1.54) is 7.11 Å². The number of hydrogen-bond donors (Lipinski definition) is 0. The van der Waals surface area contributed by atoms with Crippen LogP contribution in [0.15, 0.2) is 35.3 Å². The molecular weight excluding hydrogens is 168 g/mol. The fourth-order valence-corrected chi connectivity index (χ4v) is 1.10. The maximum absolute atomic E-state index is 10.6. The third-order valence-electron chi connectivity index (χ3n) is 1.80. The van der Waals surface area contributed by atoms with E-state index in [1.807, 2.05) is 6.08 Å². The van der Waals surface area contributed by atoms with Gasteiger partial charge in [-0.1, -0.05) is 6.08 Å². The largest absolute Gasteiger partial charge is 0.497 e. The summed E-state index contributed by atoms with van der Waals surface area (Å²) in [7, 11) is 3.11. The highest BCUT2D eigenvalue weighted by Crippen LogP contribution is 2.17. The summed E-state index contributed by atoms with van der Waals surface area (Å²) >= 11 is 0. The minimum atomic E-state index is 0.542. The molecule has 3 heteroatoms. The maximum Gasteiger partial charge on any atom is 0.153 e. The van der Waals surface area contributed by atoms with Crippen molar-refractivity contribution in [2.75, 3.05) is 14.2 Å². The summed E-state index contributed by atoms with van der Waals surface area (Å²) in [6, 6.07) is 0. The van der Waals surface area contributed by atoms with Crippen LogP contribution < -0.4 is 0 Å². The first-order valence-corrected chi connectivity index (χ1v) is 3.97. The number of rotatable bonds is 3. The molecule has 1 aliphatic rings. The van der Waals surface area contributed by atoms with E-state index in [9.17, 15) is 4.79 Å². The smallest absolute Gasteiger partial charge is 0.153 e. The van der Waals surface area contributed by atoms with Crippen LogP contribution in [0, 0.1) is 0 Å². The molecule has 0 fully saturated rings. The Bertz CT molecular complexity index is 285. The van der Waals surface area contributed by atoms with Gasteiger partial charge in [0.25, 0.3) is 0 Å². The topological polar surface area (TPSA) is 35.5 Å². The lowest BCUT2D eigenvalue weighted by Crippen LogP contribution is -1.94. The van der Waals surface area contributed by atoms with E-state index < -0.39 is 0 Å². The van der Waals surface area contributed by atoms with Crippen molar-refractivity contribution in [2.45, 2.75) is 6.42 Å². The van der Waals surface area contributed by atoms with Crippen molar-refractivity contribution < 1.29 is 14.3 Å². The highest BCUT2D eigenvalue weighted by molar-refractivity contribution is 5.79. The molecule has 0 spiro atoms. The molecule has 0 heterocycles. The van der Waals surface area contributed by atoms with Crippen LogP contribution in [0.25, 0.3) is 0 Å². The Morgan fingerprint density at radius 1 is 1.31 bits per heavy atom. The van der Waals surface area contributed by atoms with Gasteiger partial charge in [-0.3, -0.25) is 4.79 Å². The maximum atomic E-state index is 10.6. The molecule has 0 saturated carbocycles. The number of methoxy groups -OCH3 is 2. The van der Waals surface area contributed by atoms with Gasteiger partial charge in [-0.25, -0.2) is 0 Å². The van der Waals surface area contributed by atoms with Crippen LogP contribution in [0.3, 0.4) is 0 Å². The van der Waals surface area contributed by atoms with Crippen molar-refractivity contribution in [1.29, 1.82) is 0 Å². The number of carbonyl (C=O) groups is 1. The molecule has 0 radical (unpaired) electrons. The second-order valence-electron chi connectivity index (χ2n) is 2.54. The molecule has 0 aliphatic heterocycles. The van der Waals surface area contributed by atoms with E-state index in [4.69, 9.17) is 9.47 Å². The Balaban J connectivity index is 2.97. The summed E-state index contributed by atoms with van der Waals surface area (Å²) in [4.78, 5) is 10.6. The molecule has 13 heavy (non-hydrogen) atoms. The van der Waals surface area contributed by atoms with E-state index in [1.54, 1.807) is 19.3 Å². The molecule has 1 aliphatic carbocycles. The first-order chi connectivity index (χ1) is 6.31. The molecule has 0 amide bonds. The third kappa shape index (κ3) is 2.21. The summed E-state index contributed by atoms with van der Waals surface area (Å²) in [5.41, 5.74) is 0.561. The molecule has 0 N–H and O–H groups in total. The summed E-state index contributed by atoms with van der Waals surface area (Å²) in [6.07, 6.45) is 6.85. The molecule has 0 saturated heterocycles. The second-order valence-corrected chi connectivity index (χ2v) is 2.54. The van der Waals surface area contributed by atoms with Gasteiger partial charge < -0.3 is 9.47 Å². The van der Waals surface area contributed by atoms with Crippen LogP contribution >= 0.6 is 0 Å². The molecule has 0 atom stereocenters. The van der Waals surface area contributed by atoms with Crippen molar-refractivity contribution in [1.82, 2.24) is 0 Å². The molecule has 0 aromatic rings. The van der Waals surface area contributed by atoms with Crippen LogP contribution in [0.2, 0.25) is 0 Å². The number of hydrogen-bond acceptors (Lipinski definition) is 3. The average Bonchev–Trinajstić information content (AvgIpc) is 2.38. The number of allylic oxidation sites excluding steroid dienone is 4. The van der Waals surface area contributed by atoms with Gasteiger partial charge in [0.05, 0.1) is 19.8 Å². The first-order valence-electron chi connectivity index (χ1n) is 3.97. The van der Waals surface area contributed by atoms with Crippen LogP contribution in [0.4, 0.5) is 0 Å². The first kappa shape index (κ1) is 9.58. The van der Waals surface area contributed by atoms with E-state index in [0.717, 1.165) is 6.29 Å². The number of ether oxygens (including phenoxy) is 2. The Labute approximate surface area is 77.3 Å². The molecule has 0 bridgehead atoms. The second kappa shape index (κ2) is 4.50. The van der Waals surface area contributed by atoms with E-state index >= 15 is 0 Å². The molecule has 70 valence electrons. The van der Waals surface area contributed by atoms with E-state index in [0.29, 0.717) is 23.5 Å². The summed E-state index contributed by atoms with van der Waals surface area (Å²) in [6.45, 7) is 0. The van der Waals surface area contributed by atoms with Gasteiger partial charge in [-0.2, -0.15) is 0 Å². The van der Waals surface area contributed by atoms with Gasteiger partial charge in [-0.15, -0.1) is 0 Å². The minimum Gasteiger partial charge on any atom is -0.497 e. The molecule has 3 nitrogen and oxygen atoms in total. The fraction of sp³-hybridized carbons (Fsp3) is 0.300. The Morgan fingerprint density at radius 3 is 2.62 bits per heavy atom. The number of carbonyl (C=O) groups excluding carboxylic acids is 1. The number of aldehydes is 1. The zero-order chi connectivity index (χ0) is 9.68. The van der Waals surface area contributed by atoms with Crippen LogP contribution in [0.5, 0.6) is 0 Å². The van der Waals surface area contributed by atoms with Gasteiger partial charge in [0, 0.05) is 6.08 Å². The fourth-order valence-electron chi connectivity index (χ4n) is 1.10. The highest BCUT2D eigenvalue weighted by Gasteiger charge is 2.08. The van der Waals surface area contributed by atoms with Gasteiger partial charge >= 0.3 is 0 Å². The van der Waals surface area contributed by atoms with E-state index in [-0.39, 0.29) is 0 Å². The third-order valence-corrected chi connectivity index (χ3v) is 1.80. The van der Waals surface area contributed by atoms with Crippen molar-refractivity contribution in [3.05, 3.63) is 35.3 Å². The predicted octanol–water partition coefficient (Wildman–Crippen LogP) is 1.58. The zero-order valence-electron chi connectivity index (χ0n) is 7.74. The van der Waals surface area contributed by atoms with Gasteiger partial charge in [0.1, 0.15) is 11.5 Å². The van der Waals surface area contributed by atoms with Gasteiger partial charge in [0.15, 0.2) is 6.29 Å². The average molecular weight is 180 g/mol. The van der Waals surface area contributed by atoms with Crippen LogP contribution in [0.1, 0.15) is 6.42 Å². The normalized spacial score (nSPS) is 16.3. The predicted molar refractivity (Wildman–Crippen MR) is 48.9 cm³/mol. The summed E-state index contributed by atoms with van der Waals surface area (Å²) in [5.74, 6) is 1.26. The minimum absolute atomic E-state index is 0.542. The quantitative estimate of drug-likeness (QED) is 0.618. The summed E-state index contributed by atoms with van der Waals surface area (Å²) < 4.78 is 10.1. The Hall–Kier alpha value is -1.51. The monoisotopic (exact) mass is 180 g/mol. The van der Waals surface area contributed by atoms with Gasteiger partial charge in [-0.05, 0) is 12.5 Å². The highest BCUT2D eigenvalue weighted by atomic mass is 16.5. The molecule has 0 aromatic carbocycles. The zero-order valence-corrected chi connectivity index (χ0v) is 7.74. The molecular formula is C10H12O3. The van der Waals surface area contributed by atoms with Crippen LogP contribution in [-0.2, 0) is 14.3 Å². The van der Waals surface area contributed by atoms with Crippen molar-refractivity contribution in [2.24, 2.45) is 0 Å². The summed E-state index contributed by atoms with van der Waals surface area (Å²) in [5, 5.41) is 0. The lowest BCUT2D eigenvalue weighted by atomic mass is 10.2. The Kier molecular flexibility index (Phi) is 3.31. The Morgan fingerprint density at radius 2 is 2.08 bits per heavy atom. The lowest BCUT2D eigenvalue weighted by Gasteiger charge is -2.04. The van der Waals surface area contributed by atoms with E-state index in [2.05, 4.69) is 0 Å². The van der Waals surface area contributed by atoms with Gasteiger partial charge in [0.2, 0.25) is 0 Å². The van der Waals surface area contributed by atoms with Crippen LogP contribution in [-0.4, -0.2) is 20.5 Å². The molecule has 0 aromatic heterocycles. The van der Waals surface area contributed by atoms with Crippen molar-refractivity contribution in [3.8, 4) is 0 Å². The standard InChI is InChI=1S/C10H12O3/c1-12-9-5-3-4-8(7-11)10(6-9)13-2/h4-7H,3H2,1-2H3. The van der Waals surface area contributed by atoms with Crippen molar-refractivity contribution in [3.63, 3.8) is 0 Å². The lowest BCUT2D eigenvalue weighted by molar-refractivity contribution is -0.105. The molecule has 0 unspecified atom stereocenters. The SMILES string of the molecule is COC1=CCC=C(C=O)C(OC)=C1. The van der Waals surface area contributed by atoms with Crippen molar-refractivity contribution >= 4 is 6.29 Å².